The molecule has 1 rings (SSSR count). The molecule has 92 valence electrons. The van der Waals surface area contributed by atoms with Gasteiger partial charge in [0.15, 0.2) is 0 Å². The maximum atomic E-state index is 12.0. The van der Waals surface area contributed by atoms with Crippen molar-refractivity contribution in [2.45, 2.75) is 38.8 Å². The number of ether oxygens (including phenoxy) is 1. The van der Waals surface area contributed by atoms with Crippen LogP contribution in [0.25, 0.3) is 0 Å². The average molecular weight is 228 g/mol. The van der Waals surface area contributed by atoms with Crippen molar-refractivity contribution < 1.29 is 14.3 Å². The molecule has 16 heavy (non-hydrogen) atoms. The highest BCUT2D eigenvalue weighted by Crippen LogP contribution is 2.11. The summed E-state index contributed by atoms with van der Waals surface area (Å²) in [6.07, 6.45) is 1.39. The summed E-state index contributed by atoms with van der Waals surface area (Å²) >= 11 is 0. The molecule has 0 saturated carbocycles. The van der Waals surface area contributed by atoms with Crippen LogP contribution < -0.4 is 5.32 Å². The molecule has 0 aliphatic carbocycles. The SMILES string of the molecule is CCC1NC(=O)CN(C(C)CCOC)C1=O. The van der Waals surface area contributed by atoms with E-state index in [1.54, 1.807) is 12.0 Å². The number of carbonyl (C=O) groups is 2. The maximum absolute atomic E-state index is 12.0. The Morgan fingerprint density at radius 3 is 2.81 bits per heavy atom. The summed E-state index contributed by atoms with van der Waals surface area (Å²) in [7, 11) is 1.63. The molecule has 0 aromatic rings. The van der Waals surface area contributed by atoms with Crippen molar-refractivity contribution in [1.29, 1.82) is 0 Å². The van der Waals surface area contributed by atoms with Crippen LogP contribution in [0, 0.1) is 0 Å². The molecule has 2 amide bonds. The van der Waals surface area contributed by atoms with Crippen LogP contribution in [0.3, 0.4) is 0 Å². The number of carbonyl (C=O) groups excluding carboxylic acids is 2. The molecule has 1 saturated heterocycles. The Kier molecular flexibility index (Phi) is 4.73. The Labute approximate surface area is 96.1 Å². The zero-order valence-electron chi connectivity index (χ0n) is 10.2. The van der Waals surface area contributed by atoms with Gasteiger partial charge in [0.05, 0.1) is 6.54 Å². The van der Waals surface area contributed by atoms with Crippen LogP contribution in [-0.2, 0) is 14.3 Å². The number of hydrogen-bond donors (Lipinski definition) is 1. The summed E-state index contributed by atoms with van der Waals surface area (Å²) in [6.45, 7) is 4.61. The van der Waals surface area contributed by atoms with E-state index < -0.39 is 0 Å². The van der Waals surface area contributed by atoms with E-state index in [1.165, 1.54) is 0 Å². The standard InChI is InChI=1S/C11H20N2O3/c1-4-9-11(15)13(7-10(14)12-9)8(2)5-6-16-3/h8-9H,4-7H2,1-3H3,(H,12,14). The van der Waals surface area contributed by atoms with Gasteiger partial charge in [0.25, 0.3) is 0 Å². The molecule has 0 aromatic carbocycles. The van der Waals surface area contributed by atoms with Crippen LogP contribution >= 0.6 is 0 Å². The lowest BCUT2D eigenvalue weighted by molar-refractivity contribution is -0.146. The van der Waals surface area contributed by atoms with E-state index in [0.717, 1.165) is 6.42 Å². The summed E-state index contributed by atoms with van der Waals surface area (Å²) in [5.74, 6) is -0.0542. The van der Waals surface area contributed by atoms with Gasteiger partial charge in [-0.25, -0.2) is 0 Å². The number of rotatable bonds is 5. The summed E-state index contributed by atoms with van der Waals surface area (Å²) in [5.41, 5.74) is 0. The average Bonchev–Trinajstić information content (AvgIpc) is 2.28. The lowest BCUT2D eigenvalue weighted by atomic mass is 10.1. The van der Waals surface area contributed by atoms with E-state index in [1.807, 2.05) is 13.8 Å². The van der Waals surface area contributed by atoms with E-state index >= 15 is 0 Å². The minimum Gasteiger partial charge on any atom is -0.385 e. The second-order valence-corrected chi connectivity index (χ2v) is 4.12. The summed E-state index contributed by atoms with van der Waals surface area (Å²) < 4.78 is 4.98. The Hall–Kier alpha value is -1.10. The molecular weight excluding hydrogens is 208 g/mol. The van der Waals surface area contributed by atoms with Crippen LogP contribution in [0.4, 0.5) is 0 Å². The minimum atomic E-state index is -0.355. The molecule has 1 aliphatic heterocycles. The first-order chi connectivity index (χ1) is 7.60. The Balaban J connectivity index is 2.62. The molecule has 1 fully saturated rings. The van der Waals surface area contributed by atoms with E-state index in [-0.39, 0.29) is 30.4 Å². The van der Waals surface area contributed by atoms with E-state index in [0.29, 0.717) is 13.0 Å². The lowest BCUT2D eigenvalue weighted by Crippen LogP contribution is -2.60. The second-order valence-electron chi connectivity index (χ2n) is 4.12. The molecule has 1 N–H and O–H groups in total. The molecular formula is C11H20N2O3. The Morgan fingerprint density at radius 2 is 2.25 bits per heavy atom. The molecule has 0 radical (unpaired) electrons. The van der Waals surface area contributed by atoms with Crippen LogP contribution in [0.2, 0.25) is 0 Å². The van der Waals surface area contributed by atoms with Gasteiger partial charge >= 0.3 is 0 Å². The molecule has 2 unspecified atom stereocenters. The zero-order valence-corrected chi connectivity index (χ0v) is 10.2. The number of methoxy groups -OCH3 is 1. The normalized spacial score (nSPS) is 23.2. The quantitative estimate of drug-likeness (QED) is 0.728. The molecule has 5 nitrogen and oxygen atoms in total. The van der Waals surface area contributed by atoms with E-state index in [9.17, 15) is 9.59 Å². The van der Waals surface area contributed by atoms with Gasteiger partial charge in [0.1, 0.15) is 6.04 Å². The maximum Gasteiger partial charge on any atom is 0.245 e. The zero-order chi connectivity index (χ0) is 12.1. The number of nitrogens with one attached hydrogen (secondary N) is 1. The molecule has 0 spiro atoms. The molecule has 5 heteroatoms. The summed E-state index contributed by atoms with van der Waals surface area (Å²) in [6, 6.07) is -0.307. The number of piperazine rings is 1. The molecule has 1 aliphatic rings. The monoisotopic (exact) mass is 228 g/mol. The van der Waals surface area contributed by atoms with Crippen molar-refractivity contribution in [2.24, 2.45) is 0 Å². The molecule has 0 aromatic heterocycles. The molecule has 2 atom stereocenters. The predicted octanol–water partition coefficient (Wildman–Crippen LogP) is 0.148. The fourth-order valence-corrected chi connectivity index (χ4v) is 1.83. The van der Waals surface area contributed by atoms with Gasteiger partial charge in [0, 0.05) is 19.8 Å². The largest absolute Gasteiger partial charge is 0.385 e. The summed E-state index contributed by atoms with van der Waals surface area (Å²) in [4.78, 5) is 25.1. The van der Waals surface area contributed by atoms with Gasteiger partial charge in [-0.2, -0.15) is 0 Å². The van der Waals surface area contributed by atoms with Crippen LogP contribution in [-0.4, -0.2) is 49.1 Å². The van der Waals surface area contributed by atoms with Gasteiger partial charge in [-0.15, -0.1) is 0 Å². The number of hydrogen-bond acceptors (Lipinski definition) is 3. The second kappa shape index (κ2) is 5.84. The highest BCUT2D eigenvalue weighted by Gasteiger charge is 2.33. The van der Waals surface area contributed by atoms with Gasteiger partial charge in [-0.1, -0.05) is 6.92 Å². The van der Waals surface area contributed by atoms with Gasteiger partial charge in [0.2, 0.25) is 11.8 Å². The van der Waals surface area contributed by atoms with E-state index in [4.69, 9.17) is 4.74 Å². The van der Waals surface area contributed by atoms with Crippen molar-refractivity contribution in [3.8, 4) is 0 Å². The Bertz CT molecular complexity index is 268. The minimum absolute atomic E-state index is 0.0192. The van der Waals surface area contributed by atoms with Gasteiger partial charge in [-0.05, 0) is 19.8 Å². The van der Waals surface area contributed by atoms with Crippen molar-refractivity contribution in [1.82, 2.24) is 10.2 Å². The van der Waals surface area contributed by atoms with Crippen LogP contribution in [0.5, 0.6) is 0 Å². The fourth-order valence-electron chi connectivity index (χ4n) is 1.83. The predicted molar refractivity (Wildman–Crippen MR) is 59.9 cm³/mol. The first-order valence-electron chi connectivity index (χ1n) is 5.69. The van der Waals surface area contributed by atoms with Crippen molar-refractivity contribution in [2.75, 3.05) is 20.3 Å². The third-order valence-electron chi connectivity index (χ3n) is 2.91. The molecule has 1 heterocycles. The highest BCUT2D eigenvalue weighted by atomic mass is 16.5. The third-order valence-corrected chi connectivity index (χ3v) is 2.91. The van der Waals surface area contributed by atoms with Crippen LogP contribution in [0.15, 0.2) is 0 Å². The first-order valence-corrected chi connectivity index (χ1v) is 5.69. The third kappa shape index (κ3) is 2.95. The number of amides is 2. The summed E-state index contributed by atoms with van der Waals surface area (Å²) in [5, 5.41) is 2.70. The lowest BCUT2D eigenvalue weighted by Gasteiger charge is -2.36. The highest BCUT2D eigenvalue weighted by molar-refractivity contribution is 5.94. The molecule has 0 bridgehead atoms. The Morgan fingerprint density at radius 1 is 1.56 bits per heavy atom. The van der Waals surface area contributed by atoms with Gasteiger partial charge < -0.3 is 15.0 Å². The first kappa shape index (κ1) is 13.0. The fraction of sp³-hybridized carbons (Fsp3) is 0.818. The van der Waals surface area contributed by atoms with E-state index in [2.05, 4.69) is 5.32 Å². The van der Waals surface area contributed by atoms with Crippen LogP contribution in [0.1, 0.15) is 26.7 Å². The van der Waals surface area contributed by atoms with Crippen molar-refractivity contribution in [3.63, 3.8) is 0 Å². The number of nitrogens with zero attached hydrogens (tertiary/aromatic N) is 1. The van der Waals surface area contributed by atoms with Gasteiger partial charge in [-0.3, -0.25) is 9.59 Å². The smallest absolute Gasteiger partial charge is 0.245 e. The van der Waals surface area contributed by atoms with Crippen molar-refractivity contribution in [3.05, 3.63) is 0 Å². The van der Waals surface area contributed by atoms with Crippen molar-refractivity contribution >= 4 is 11.8 Å². The topological polar surface area (TPSA) is 58.6 Å².